The molecule has 0 aromatic heterocycles. The zero-order valence-corrected chi connectivity index (χ0v) is 16.5. The summed E-state index contributed by atoms with van der Waals surface area (Å²) in [7, 11) is 4.83. The van der Waals surface area contributed by atoms with E-state index in [9.17, 15) is 4.79 Å². The standard InChI is InChI=1S/C22H26N2O4/c1-26-17-7-4-14(5-8-17)21-18-12-23-11-16(18)13-24(21)22(25)15-6-9-19(27-2)20(10-15)28-3/h4-10,16,18,21,23H,11-13H2,1-3H3/t16-,18-,21+/m0/s1. The highest BCUT2D eigenvalue weighted by Crippen LogP contribution is 2.44. The Kier molecular flexibility index (Phi) is 5.13. The molecule has 0 unspecified atom stereocenters. The van der Waals surface area contributed by atoms with Crippen LogP contribution in [-0.4, -0.2) is 51.8 Å². The highest BCUT2D eigenvalue weighted by atomic mass is 16.5. The number of hydrogen-bond donors (Lipinski definition) is 1. The highest BCUT2D eigenvalue weighted by molar-refractivity contribution is 5.95. The Balaban J connectivity index is 1.67. The SMILES string of the molecule is COc1ccc([C@@H]2[C@H]3CNC[C@H]3CN2C(=O)c2ccc(OC)c(OC)c2)cc1. The van der Waals surface area contributed by atoms with Crippen LogP contribution in [0.1, 0.15) is 22.0 Å². The maximum absolute atomic E-state index is 13.4. The minimum Gasteiger partial charge on any atom is -0.497 e. The molecule has 1 amide bonds. The number of nitrogens with zero attached hydrogens (tertiary/aromatic N) is 1. The molecule has 0 spiro atoms. The first-order valence-electron chi connectivity index (χ1n) is 9.54. The monoisotopic (exact) mass is 382 g/mol. The summed E-state index contributed by atoms with van der Waals surface area (Å²) < 4.78 is 16.0. The van der Waals surface area contributed by atoms with Crippen molar-refractivity contribution in [2.24, 2.45) is 11.8 Å². The van der Waals surface area contributed by atoms with Gasteiger partial charge < -0.3 is 24.4 Å². The predicted octanol–water partition coefficient (Wildman–Crippen LogP) is 2.75. The van der Waals surface area contributed by atoms with Gasteiger partial charge in [-0.25, -0.2) is 0 Å². The highest BCUT2D eigenvalue weighted by Gasteiger charge is 2.46. The van der Waals surface area contributed by atoms with Crippen LogP contribution >= 0.6 is 0 Å². The lowest BCUT2D eigenvalue weighted by Crippen LogP contribution is -2.34. The van der Waals surface area contributed by atoms with E-state index in [2.05, 4.69) is 17.4 Å². The van der Waals surface area contributed by atoms with Crippen LogP contribution in [0.4, 0.5) is 0 Å². The number of carbonyl (C=O) groups is 1. The largest absolute Gasteiger partial charge is 0.497 e. The molecule has 6 heteroatoms. The molecule has 0 bridgehead atoms. The van der Waals surface area contributed by atoms with Crippen LogP contribution in [0.2, 0.25) is 0 Å². The van der Waals surface area contributed by atoms with E-state index in [0.29, 0.717) is 28.9 Å². The average molecular weight is 382 g/mol. The van der Waals surface area contributed by atoms with Gasteiger partial charge in [0.15, 0.2) is 11.5 Å². The van der Waals surface area contributed by atoms with Crippen LogP contribution in [0.3, 0.4) is 0 Å². The first-order valence-corrected chi connectivity index (χ1v) is 9.54. The van der Waals surface area contributed by atoms with Crippen LogP contribution < -0.4 is 19.5 Å². The van der Waals surface area contributed by atoms with Crippen molar-refractivity contribution in [3.8, 4) is 17.2 Å². The maximum Gasteiger partial charge on any atom is 0.254 e. The zero-order valence-electron chi connectivity index (χ0n) is 16.5. The number of amides is 1. The fraction of sp³-hybridized carbons (Fsp3) is 0.409. The number of likely N-dealkylation sites (tertiary alicyclic amines) is 1. The van der Waals surface area contributed by atoms with Crippen molar-refractivity contribution < 1.29 is 19.0 Å². The second kappa shape index (κ2) is 7.72. The van der Waals surface area contributed by atoms with Gasteiger partial charge in [0.25, 0.3) is 5.91 Å². The van der Waals surface area contributed by atoms with Crippen molar-refractivity contribution in [3.05, 3.63) is 53.6 Å². The van der Waals surface area contributed by atoms with Crippen LogP contribution in [0.25, 0.3) is 0 Å². The average Bonchev–Trinajstić information content (AvgIpc) is 3.34. The molecule has 2 aromatic rings. The number of benzene rings is 2. The number of carbonyl (C=O) groups excluding carboxylic acids is 1. The van der Waals surface area contributed by atoms with Crippen LogP contribution in [0.15, 0.2) is 42.5 Å². The van der Waals surface area contributed by atoms with E-state index in [-0.39, 0.29) is 11.9 Å². The number of methoxy groups -OCH3 is 3. The second-order valence-electron chi connectivity index (χ2n) is 7.33. The van der Waals surface area contributed by atoms with E-state index in [1.165, 1.54) is 0 Å². The molecular formula is C22H26N2O4. The van der Waals surface area contributed by atoms with E-state index in [1.807, 2.05) is 17.0 Å². The number of hydrogen-bond acceptors (Lipinski definition) is 5. The Morgan fingerprint density at radius 2 is 1.71 bits per heavy atom. The van der Waals surface area contributed by atoms with Gasteiger partial charge in [-0.2, -0.15) is 0 Å². The number of ether oxygens (including phenoxy) is 3. The Bertz CT molecular complexity index is 852. The van der Waals surface area contributed by atoms with Crippen molar-refractivity contribution in [3.63, 3.8) is 0 Å². The molecular weight excluding hydrogens is 356 g/mol. The third-order valence-electron chi connectivity index (χ3n) is 5.91. The summed E-state index contributed by atoms with van der Waals surface area (Å²) >= 11 is 0. The number of nitrogens with one attached hydrogen (secondary N) is 1. The summed E-state index contributed by atoms with van der Waals surface area (Å²) in [6.07, 6.45) is 0. The van der Waals surface area contributed by atoms with Crippen molar-refractivity contribution >= 4 is 5.91 Å². The fourth-order valence-electron chi connectivity index (χ4n) is 4.49. The van der Waals surface area contributed by atoms with Gasteiger partial charge in [0.05, 0.1) is 27.4 Å². The smallest absolute Gasteiger partial charge is 0.254 e. The summed E-state index contributed by atoms with van der Waals surface area (Å²) in [4.78, 5) is 15.5. The predicted molar refractivity (Wildman–Crippen MR) is 106 cm³/mol. The Hall–Kier alpha value is -2.73. The molecule has 2 aliphatic rings. The first-order chi connectivity index (χ1) is 13.7. The van der Waals surface area contributed by atoms with Gasteiger partial charge in [-0.1, -0.05) is 12.1 Å². The van der Waals surface area contributed by atoms with E-state index < -0.39 is 0 Å². The van der Waals surface area contributed by atoms with Gasteiger partial charge in [0.2, 0.25) is 0 Å². The Morgan fingerprint density at radius 3 is 2.39 bits per heavy atom. The third-order valence-corrected chi connectivity index (χ3v) is 5.91. The molecule has 0 radical (unpaired) electrons. The van der Waals surface area contributed by atoms with Gasteiger partial charge >= 0.3 is 0 Å². The normalized spacial score (nSPS) is 23.4. The van der Waals surface area contributed by atoms with Gasteiger partial charge in [-0.05, 0) is 41.8 Å². The van der Waals surface area contributed by atoms with Crippen LogP contribution in [0.5, 0.6) is 17.2 Å². The minimum absolute atomic E-state index is 0.0242. The third kappa shape index (κ3) is 3.18. The molecule has 0 aliphatic carbocycles. The molecule has 2 saturated heterocycles. The van der Waals surface area contributed by atoms with E-state index in [1.54, 1.807) is 39.5 Å². The lowest BCUT2D eigenvalue weighted by molar-refractivity contribution is 0.0713. The summed E-state index contributed by atoms with van der Waals surface area (Å²) in [6.45, 7) is 2.63. The second-order valence-corrected chi connectivity index (χ2v) is 7.33. The number of fused-ring (bicyclic) bond motifs is 1. The molecule has 6 nitrogen and oxygen atoms in total. The molecule has 28 heavy (non-hydrogen) atoms. The van der Waals surface area contributed by atoms with Gasteiger partial charge in [-0.3, -0.25) is 4.79 Å². The zero-order chi connectivity index (χ0) is 19.7. The van der Waals surface area contributed by atoms with E-state index in [0.717, 1.165) is 30.9 Å². The quantitative estimate of drug-likeness (QED) is 0.862. The molecule has 2 fully saturated rings. The topological polar surface area (TPSA) is 60.0 Å². The lowest BCUT2D eigenvalue weighted by Gasteiger charge is -2.29. The summed E-state index contributed by atoms with van der Waals surface area (Å²) in [6, 6.07) is 13.5. The van der Waals surface area contributed by atoms with Crippen molar-refractivity contribution in [1.29, 1.82) is 0 Å². The maximum atomic E-state index is 13.4. The summed E-state index contributed by atoms with van der Waals surface area (Å²) in [5, 5.41) is 3.48. The molecule has 3 atom stereocenters. The van der Waals surface area contributed by atoms with Gasteiger partial charge in [0, 0.05) is 31.1 Å². The molecule has 0 saturated carbocycles. The molecule has 2 heterocycles. The summed E-state index contributed by atoms with van der Waals surface area (Å²) in [5.74, 6) is 2.91. The fourth-order valence-corrected chi connectivity index (χ4v) is 4.49. The van der Waals surface area contributed by atoms with Crippen molar-refractivity contribution in [1.82, 2.24) is 10.2 Å². The van der Waals surface area contributed by atoms with Gasteiger partial charge in [0.1, 0.15) is 5.75 Å². The van der Waals surface area contributed by atoms with E-state index in [4.69, 9.17) is 14.2 Å². The number of rotatable bonds is 5. The molecule has 148 valence electrons. The molecule has 4 rings (SSSR count). The molecule has 2 aromatic carbocycles. The van der Waals surface area contributed by atoms with Crippen LogP contribution in [0, 0.1) is 11.8 Å². The molecule has 1 N–H and O–H groups in total. The minimum atomic E-state index is 0.0242. The Labute approximate surface area is 165 Å². The van der Waals surface area contributed by atoms with E-state index >= 15 is 0 Å². The molecule has 2 aliphatic heterocycles. The van der Waals surface area contributed by atoms with Gasteiger partial charge in [-0.15, -0.1) is 0 Å². The summed E-state index contributed by atoms with van der Waals surface area (Å²) in [5.41, 5.74) is 1.76. The lowest BCUT2D eigenvalue weighted by atomic mass is 9.89. The van der Waals surface area contributed by atoms with Crippen molar-refractivity contribution in [2.75, 3.05) is 41.0 Å². The Morgan fingerprint density at radius 1 is 0.964 bits per heavy atom. The van der Waals surface area contributed by atoms with Crippen molar-refractivity contribution in [2.45, 2.75) is 6.04 Å². The van der Waals surface area contributed by atoms with Crippen LogP contribution in [-0.2, 0) is 0 Å². The first kappa shape index (κ1) is 18.6.